The van der Waals surface area contributed by atoms with Crippen molar-refractivity contribution >= 4 is 23.2 Å². The van der Waals surface area contributed by atoms with Crippen LogP contribution in [0.3, 0.4) is 0 Å². The maximum atomic E-state index is 12.4. The lowest BCUT2D eigenvalue weighted by Crippen LogP contribution is -2.45. The smallest absolute Gasteiger partial charge is 0.326 e. The first kappa shape index (κ1) is 15.3. The van der Waals surface area contributed by atoms with E-state index in [1.807, 2.05) is 54.4 Å². The highest BCUT2D eigenvalue weighted by atomic mass is 32.1. The van der Waals surface area contributed by atoms with Crippen molar-refractivity contribution in [1.29, 1.82) is 0 Å². The van der Waals surface area contributed by atoms with E-state index in [1.54, 1.807) is 0 Å². The molecule has 1 amide bonds. The minimum atomic E-state index is -1.00. The summed E-state index contributed by atoms with van der Waals surface area (Å²) in [4.78, 5) is 24.2. The molecule has 1 unspecified atom stereocenters. The van der Waals surface area contributed by atoms with Gasteiger partial charge in [-0.15, -0.1) is 11.3 Å². The second kappa shape index (κ2) is 6.58. The van der Waals surface area contributed by atoms with Crippen molar-refractivity contribution in [2.24, 2.45) is 5.92 Å². The molecule has 2 N–H and O–H groups in total. The van der Waals surface area contributed by atoms with Gasteiger partial charge in [-0.05, 0) is 29.5 Å². The molecule has 21 heavy (non-hydrogen) atoms. The van der Waals surface area contributed by atoms with Gasteiger partial charge in [-0.1, -0.05) is 20.3 Å². The molecule has 0 spiro atoms. The summed E-state index contributed by atoms with van der Waals surface area (Å²) >= 11 is 1.30. The standard InChI is InChI=1S/C15H18N2O3S/c1-3-10(2)12(15(19)20)16-14(18)13-11(6-9-21-13)17-7-4-5-8-17/h4-10,12H,3H2,1-2H3,(H,16,18)(H,19,20)/t10?,12-/m0/s1. The van der Waals surface area contributed by atoms with Gasteiger partial charge in [0.25, 0.3) is 5.91 Å². The Bertz CT molecular complexity index is 619. The molecule has 2 aromatic rings. The monoisotopic (exact) mass is 306 g/mol. The molecule has 2 aromatic heterocycles. The molecule has 0 saturated carbocycles. The number of thiophene rings is 1. The first-order valence-corrected chi connectivity index (χ1v) is 7.67. The predicted molar refractivity (Wildman–Crippen MR) is 82.0 cm³/mol. The number of aromatic nitrogens is 1. The lowest BCUT2D eigenvalue weighted by molar-refractivity contribution is -0.140. The van der Waals surface area contributed by atoms with E-state index in [-0.39, 0.29) is 11.8 Å². The van der Waals surface area contributed by atoms with E-state index in [0.29, 0.717) is 11.3 Å². The van der Waals surface area contributed by atoms with E-state index >= 15 is 0 Å². The largest absolute Gasteiger partial charge is 0.480 e. The Morgan fingerprint density at radius 3 is 2.62 bits per heavy atom. The summed E-state index contributed by atoms with van der Waals surface area (Å²) < 4.78 is 1.84. The van der Waals surface area contributed by atoms with Gasteiger partial charge in [0.2, 0.25) is 0 Å². The number of nitrogens with zero attached hydrogens (tertiary/aromatic N) is 1. The number of nitrogens with one attached hydrogen (secondary N) is 1. The maximum absolute atomic E-state index is 12.4. The van der Waals surface area contributed by atoms with Crippen LogP contribution in [0.5, 0.6) is 0 Å². The molecule has 0 aliphatic heterocycles. The number of hydrogen-bond donors (Lipinski definition) is 2. The fourth-order valence-corrected chi connectivity index (χ4v) is 2.85. The van der Waals surface area contributed by atoms with Crippen LogP contribution in [-0.4, -0.2) is 27.6 Å². The Morgan fingerprint density at radius 1 is 1.38 bits per heavy atom. The SMILES string of the molecule is CCC(C)[C@H](NC(=O)c1sccc1-n1cccc1)C(=O)O. The Balaban J connectivity index is 2.21. The van der Waals surface area contributed by atoms with E-state index in [9.17, 15) is 14.7 Å². The third kappa shape index (κ3) is 3.33. The normalized spacial score (nSPS) is 13.6. The van der Waals surface area contributed by atoms with E-state index < -0.39 is 12.0 Å². The molecule has 6 heteroatoms. The average molecular weight is 306 g/mol. The van der Waals surface area contributed by atoms with Crippen molar-refractivity contribution in [3.63, 3.8) is 0 Å². The van der Waals surface area contributed by atoms with Crippen LogP contribution in [0.2, 0.25) is 0 Å². The van der Waals surface area contributed by atoms with Crippen LogP contribution in [0.15, 0.2) is 36.0 Å². The van der Waals surface area contributed by atoms with Gasteiger partial charge >= 0.3 is 5.97 Å². The molecule has 2 rings (SSSR count). The van der Waals surface area contributed by atoms with Gasteiger partial charge in [0.1, 0.15) is 10.9 Å². The minimum absolute atomic E-state index is 0.124. The van der Waals surface area contributed by atoms with Crippen LogP contribution in [-0.2, 0) is 4.79 Å². The van der Waals surface area contributed by atoms with E-state index in [2.05, 4.69) is 5.32 Å². The van der Waals surface area contributed by atoms with E-state index in [4.69, 9.17) is 0 Å². The van der Waals surface area contributed by atoms with Gasteiger partial charge < -0.3 is 15.0 Å². The lowest BCUT2D eigenvalue weighted by Gasteiger charge is -2.20. The second-order valence-electron chi connectivity index (χ2n) is 4.90. The van der Waals surface area contributed by atoms with Gasteiger partial charge in [0.15, 0.2) is 0 Å². The quantitative estimate of drug-likeness (QED) is 0.862. The minimum Gasteiger partial charge on any atom is -0.480 e. The number of carboxylic acid groups (broad SMARTS) is 1. The van der Waals surface area contributed by atoms with Crippen molar-refractivity contribution in [2.45, 2.75) is 26.3 Å². The Morgan fingerprint density at radius 2 is 2.05 bits per heavy atom. The molecule has 2 heterocycles. The summed E-state index contributed by atoms with van der Waals surface area (Å²) in [5.41, 5.74) is 0.760. The topological polar surface area (TPSA) is 71.3 Å². The fraction of sp³-hybridized carbons (Fsp3) is 0.333. The molecule has 0 aliphatic carbocycles. The number of carbonyl (C=O) groups is 2. The molecule has 0 fully saturated rings. The number of hydrogen-bond acceptors (Lipinski definition) is 3. The summed E-state index contributed by atoms with van der Waals surface area (Å²) in [6.45, 7) is 3.73. The lowest BCUT2D eigenvalue weighted by atomic mass is 9.99. The highest BCUT2D eigenvalue weighted by molar-refractivity contribution is 7.12. The molecule has 0 aromatic carbocycles. The fourth-order valence-electron chi connectivity index (χ4n) is 2.06. The first-order valence-electron chi connectivity index (χ1n) is 6.79. The summed E-state index contributed by atoms with van der Waals surface area (Å²) in [6.07, 6.45) is 4.39. The van der Waals surface area contributed by atoms with Gasteiger partial charge in [0, 0.05) is 12.4 Å². The third-order valence-corrected chi connectivity index (χ3v) is 4.40. The zero-order valence-electron chi connectivity index (χ0n) is 11.9. The van der Waals surface area contributed by atoms with Crippen LogP contribution in [0, 0.1) is 5.92 Å². The zero-order chi connectivity index (χ0) is 15.4. The summed E-state index contributed by atoms with van der Waals surface area (Å²) in [6, 6.07) is 4.72. The van der Waals surface area contributed by atoms with Crippen molar-refractivity contribution < 1.29 is 14.7 Å². The molecular formula is C15H18N2O3S. The van der Waals surface area contributed by atoms with Crippen molar-refractivity contribution in [2.75, 3.05) is 0 Å². The summed E-state index contributed by atoms with van der Waals surface area (Å²) in [5, 5.41) is 13.7. The highest BCUT2D eigenvalue weighted by Crippen LogP contribution is 2.22. The second-order valence-corrected chi connectivity index (χ2v) is 5.82. The Kier molecular flexibility index (Phi) is 4.80. The van der Waals surface area contributed by atoms with Gasteiger partial charge in [0.05, 0.1) is 5.69 Å². The number of carboxylic acids is 1. The van der Waals surface area contributed by atoms with Crippen LogP contribution >= 0.6 is 11.3 Å². The van der Waals surface area contributed by atoms with Crippen LogP contribution < -0.4 is 5.32 Å². The van der Waals surface area contributed by atoms with Crippen LogP contribution in [0.1, 0.15) is 29.9 Å². The van der Waals surface area contributed by atoms with Crippen molar-refractivity contribution in [1.82, 2.24) is 9.88 Å². The van der Waals surface area contributed by atoms with E-state index in [1.165, 1.54) is 11.3 Å². The van der Waals surface area contributed by atoms with E-state index in [0.717, 1.165) is 5.69 Å². The molecule has 112 valence electrons. The van der Waals surface area contributed by atoms with Crippen molar-refractivity contribution in [3.05, 3.63) is 40.8 Å². The average Bonchev–Trinajstić information content (AvgIpc) is 3.12. The van der Waals surface area contributed by atoms with Crippen LogP contribution in [0.25, 0.3) is 5.69 Å². The summed E-state index contributed by atoms with van der Waals surface area (Å²) in [5.74, 6) is -1.47. The molecule has 0 aliphatic rings. The summed E-state index contributed by atoms with van der Waals surface area (Å²) in [7, 11) is 0. The molecule has 0 radical (unpaired) electrons. The molecule has 5 nitrogen and oxygen atoms in total. The van der Waals surface area contributed by atoms with Crippen LogP contribution in [0.4, 0.5) is 0 Å². The number of amides is 1. The molecule has 2 atom stereocenters. The number of carbonyl (C=O) groups excluding carboxylic acids is 1. The predicted octanol–water partition coefficient (Wildman–Crippen LogP) is 2.77. The Hall–Kier alpha value is -2.08. The first-order chi connectivity index (χ1) is 10.0. The van der Waals surface area contributed by atoms with Gasteiger partial charge in [-0.25, -0.2) is 4.79 Å². The van der Waals surface area contributed by atoms with Crippen molar-refractivity contribution in [3.8, 4) is 5.69 Å². The molecular weight excluding hydrogens is 288 g/mol. The maximum Gasteiger partial charge on any atom is 0.326 e. The third-order valence-electron chi connectivity index (χ3n) is 3.50. The number of aliphatic carboxylic acids is 1. The van der Waals surface area contributed by atoms with Gasteiger partial charge in [-0.3, -0.25) is 4.79 Å². The molecule has 0 bridgehead atoms. The highest BCUT2D eigenvalue weighted by Gasteiger charge is 2.27. The molecule has 0 saturated heterocycles. The Labute approximate surface area is 127 Å². The number of rotatable bonds is 6. The zero-order valence-corrected chi connectivity index (χ0v) is 12.8. The van der Waals surface area contributed by atoms with Gasteiger partial charge in [-0.2, -0.15) is 0 Å².